The first-order valence-corrected chi connectivity index (χ1v) is 11.1. The van der Waals surface area contributed by atoms with Crippen molar-refractivity contribution in [2.75, 3.05) is 11.6 Å². The quantitative estimate of drug-likeness (QED) is 0.308. The average Bonchev–Trinajstić information content (AvgIpc) is 2.84. The molecule has 0 N–H and O–H groups in total. The summed E-state index contributed by atoms with van der Waals surface area (Å²) in [5, 5.41) is 7.18. The number of allylic oxidation sites excluding steroid dienone is 1. The van der Waals surface area contributed by atoms with Gasteiger partial charge in [0.15, 0.2) is 11.5 Å². The summed E-state index contributed by atoms with van der Waals surface area (Å²) in [4.78, 5) is 26.7. The number of ketones is 1. The molecule has 7 heteroatoms. The number of carbonyl (C=O) groups is 2. The number of rotatable bonds is 6. The number of carbonyl (C=O) groups excluding carboxylic acids is 2. The Hall–Kier alpha value is -3.41. The molecule has 0 fully saturated rings. The summed E-state index contributed by atoms with van der Waals surface area (Å²) in [6.45, 7) is 1.91. The highest BCUT2D eigenvalue weighted by Gasteiger charge is 2.37. The van der Waals surface area contributed by atoms with Crippen molar-refractivity contribution in [2.24, 2.45) is 5.10 Å². The highest BCUT2D eigenvalue weighted by molar-refractivity contribution is 6.41. The van der Waals surface area contributed by atoms with E-state index in [2.05, 4.69) is 5.10 Å². The third kappa shape index (κ3) is 5.00. The second-order valence-corrected chi connectivity index (χ2v) is 8.16. The smallest absolute Gasteiger partial charge is 0.355 e. The molecule has 166 valence electrons. The van der Waals surface area contributed by atoms with Gasteiger partial charge in [0.1, 0.15) is 0 Å². The van der Waals surface area contributed by atoms with E-state index in [4.69, 9.17) is 27.9 Å². The molecular weight excluding hydrogens is 459 g/mol. The van der Waals surface area contributed by atoms with Crippen molar-refractivity contribution in [3.8, 4) is 0 Å². The molecule has 1 heterocycles. The third-order valence-corrected chi connectivity index (χ3v) is 5.64. The van der Waals surface area contributed by atoms with Crippen LogP contribution in [0.25, 0.3) is 0 Å². The van der Waals surface area contributed by atoms with Gasteiger partial charge in [0.2, 0.25) is 0 Å². The summed E-state index contributed by atoms with van der Waals surface area (Å²) in [6.07, 6.45) is 1.65. The minimum atomic E-state index is -0.697. The van der Waals surface area contributed by atoms with E-state index in [1.807, 2.05) is 30.3 Å². The summed E-state index contributed by atoms with van der Waals surface area (Å²) in [5.41, 5.74) is 2.37. The number of anilines is 1. The second kappa shape index (κ2) is 10.0. The van der Waals surface area contributed by atoms with Gasteiger partial charge >= 0.3 is 5.97 Å². The molecule has 5 nitrogen and oxygen atoms in total. The SMILES string of the molecule is CCOC(=O)C1=NN(c2ccc(Cl)cc2)C=C(C(=O)c2ccc(Cl)cc2)C1c1ccccc1. The van der Waals surface area contributed by atoms with Gasteiger partial charge in [0.25, 0.3) is 0 Å². The average molecular weight is 479 g/mol. The van der Waals surface area contributed by atoms with E-state index in [-0.39, 0.29) is 18.1 Å². The molecule has 0 bridgehead atoms. The summed E-state index contributed by atoms with van der Waals surface area (Å²) in [6, 6.07) is 22.9. The Bertz CT molecular complexity index is 1220. The van der Waals surface area contributed by atoms with Gasteiger partial charge in [-0.1, -0.05) is 53.5 Å². The molecule has 33 heavy (non-hydrogen) atoms. The monoisotopic (exact) mass is 478 g/mol. The highest BCUT2D eigenvalue weighted by Crippen LogP contribution is 2.35. The van der Waals surface area contributed by atoms with E-state index >= 15 is 0 Å². The van der Waals surface area contributed by atoms with Crippen molar-refractivity contribution >= 4 is 46.4 Å². The maximum atomic E-state index is 13.7. The molecule has 0 spiro atoms. The lowest BCUT2D eigenvalue weighted by Gasteiger charge is -2.29. The van der Waals surface area contributed by atoms with Crippen LogP contribution in [-0.2, 0) is 9.53 Å². The summed E-state index contributed by atoms with van der Waals surface area (Å²) < 4.78 is 5.31. The Morgan fingerprint density at radius 3 is 2.12 bits per heavy atom. The Balaban J connectivity index is 1.88. The van der Waals surface area contributed by atoms with Gasteiger partial charge in [-0.2, -0.15) is 5.10 Å². The fourth-order valence-electron chi connectivity index (χ4n) is 3.59. The molecule has 3 aromatic carbocycles. The molecule has 1 aliphatic rings. The topological polar surface area (TPSA) is 59.0 Å². The number of hydrazone groups is 1. The van der Waals surface area contributed by atoms with Crippen molar-refractivity contribution in [3.05, 3.63) is 112 Å². The minimum absolute atomic E-state index is 0.123. The first-order valence-electron chi connectivity index (χ1n) is 10.3. The zero-order chi connectivity index (χ0) is 23.4. The van der Waals surface area contributed by atoms with Crippen molar-refractivity contribution in [2.45, 2.75) is 12.8 Å². The van der Waals surface area contributed by atoms with E-state index < -0.39 is 11.9 Å². The fraction of sp³-hybridized carbons (Fsp3) is 0.115. The maximum absolute atomic E-state index is 13.7. The van der Waals surface area contributed by atoms with Crippen LogP contribution in [0.2, 0.25) is 10.0 Å². The van der Waals surface area contributed by atoms with Gasteiger partial charge < -0.3 is 4.74 Å². The molecule has 4 rings (SSSR count). The van der Waals surface area contributed by atoms with E-state index in [9.17, 15) is 9.59 Å². The zero-order valence-corrected chi connectivity index (χ0v) is 19.3. The van der Waals surface area contributed by atoms with Gasteiger partial charge in [-0.15, -0.1) is 0 Å². The number of nitrogens with zero attached hydrogens (tertiary/aromatic N) is 2. The molecule has 3 aromatic rings. The molecule has 0 saturated heterocycles. The van der Waals surface area contributed by atoms with Crippen LogP contribution in [0, 0.1) is 0 Å². The Labute approximate surface area is 201 Å². The maximum Gasteiger partial charge on any atom is 0.355 e. The molecule has 0 saturated carbocycles. The molecule has 0 radical (unpaired) electrons. The van der Waals surface area contributed by atoms with Crippen LogP contribution in [0.15, 0.2) is 95.7 Å². The largest absolute Gasteiger partial charge is 0.461 e. The fourth-order valence-corrected chi connectivity index (χ4v) is 3.84. The first-order chi connectivity index (χ1) is 16.0. The predicted molar refractivity (Wildman–Crippen MR) is 131 cm³/mol. The molecule has 0 amide bonds. The normalized spacial score (nSPS) is 15.5. The van der Waals surface area contributed by atoms with Crippen LogP contribution in [0.5, 0.6) is 0 Å². The predicted octanol–water partition coefficient (Wildman–Crippen LogP) is 6.28. The molecular formula is C26H20Cl2N2O3. The van der Waals surface area contributed by atoms with Crippen LogP contribution in [0.1, 0.15) is 28.8 Å². The third-order valence-electron chi connectivity index (χ3n) is 5.14. The number of esters is 1. The lowest BCUT2D eigenvalue weighted by Crippen LogP contribution is -2.35. The number of halogens is 2. The van der Waals surface area contributed by atoms with Crippen molar-refractivity contribution in [1.82, 2.24) is 0 Å². The van der Waals surface area contributed by atoms with Crippen LogP contribution in [-0.4, -0.2) is 24.1 Å². The first kappa shape index (κ1) is 22.8. The van der Waals surface area contributed by atoms with Gasteiger partial charge in [0, 0.05) is 27.4 Å². The lowest BCUT2D eigenvalue weighted by atomic mass is 9.82. The Morgan fingerprint density at radius 2 is 1.52 bits per heavy atom. The number of hydrogen-bond acceptors (Lipinski definition) is 5. The van der Waals surface area contributed by atoms with E-state index in [0.717, 1.165) is 5.56 Å². The van der Waals surface area contributed by atoms with Crippen LogP contribution >= 0.6 is 23.2 Å². The summed E-state index contributed by atoms with van der Waals surface area (Å²) >= 11 is 12.1. The van der Waals surface area contributed by atoms with Crippen LogP contribution < -0.4 is 5.01 Å². The highest BCUT2D eigenvalue weighted by atomic mass is 35.5. The molecule has 0 aromatic heterocycles. The van der Waals surface area contributed by atoms with E-state index in [1.54, 1.807) is 61.7 Å². The molecule has 0 aliphatic carbocycles. The van der Waals surface area contributed by atoms with E-state index in [1.165, 1.54) is 5.01 Å². The second-order valence-electron chi connectivity index (χ2n) is 7.29. The van der Waals surface area contributed by atoms with Crippen molar-refractivity contribution < 1.29 is 14.3 Å². The number of benzene rings is 3. The van der Waals surface area contributed by atoms with Crippen molar-refractivity contribution in [3.63, 3.8) is 0 Å². The lowest BCUT2D eigenvalue weighted by molar-refractivity contribution is -0.135. The van der Waals surface area contributed by atoms with Crippen LogP contribution in [0.3, 0.4) is 0 Å². The van der Waals surface area contributed by atoms with E-state index in [0.29, 0.717) is 26.9 Å². The molecule has 1 aliphatic heterocycles. The molecule has 1 unspecified atom stereocenters. The number of Topliss-reactive ketones (excluding diaryl/α,β-unsaturated/α-hetero) is 1. The number of hydrogen-bond donors (Lipinski definition) is 0. The Morgan fingerprint density at radius 1 is 0.909 bits per heavy atom. The van der Waals surface area contributed by atoms with Crippen molar-refractivity contribution in [1.29, 1.82) is 0 Å². The van der Waals surface area contributed by atoms with Gasteiger partial charge in [-0.25, -0.2) is 9.80 Å². The Kier molecular flexibility index (Phi) is 6.92. The van der Waals surface area contributed by atoms with Gasteiger partial charge in [0.05, 0.1) is 18.2 Å². The standard InChI is InChI=1S/C26H20Cl2N2O3/c1-2-33-26(32)24-23(17-6-4-3-5-7-17)22(25(31)18-8-10-19(27)11-9-18)16-30(29-24)21-14-12-20(28)13-15-21/h3-16,23H,2H2,1H3. The summed E-state index contributed by atoms with van der Waals surface area (Å²) in [7, 11) is 0. The van der Waals surface area contributed by atoms with Gasteiger partial charge in [-0.05, 0) is 61.0 Å². The minimum Gasteiger partial charge on any atom is -0.461 e. The van der Waals surface area contributed by atoms with Crippen LogP contribution in [0.4, 0.5) is 5.69 Å². The summed E-state index contributed by atoms with van der Waals surface area (Å²) in [5.74, 6) is -1.52. The molecule has 1 atom stereocenters. The van der Waals surface area contributed by atoms with Gasteiger partial charge in [-0.3, -0.25) is 4.79 Å². The zero-order valence-electron chi connectivity index (χ0n) is 17.7. The number of ether oxygens (including phenoxy) is 1.